The van der Waals surface area contributed by atoms with Gasteiger partial charge in [0, 0.05) is 61.8 Å². The van der Waals surface area contributed by atoms with Gasteiger partial charge in [-0.3, -0.25) is 9.69 Å². The van der Waals surface area contributed by atoms with E-state index in [4.69, 9.17) is 4.74 Å². The average Bonchev–Trinajstić information content (AvgIpc) is 2.70. The molecule has 1 fully saturated rings. The highest BCUT2D eigenvalue weighted by molar-refractivity contribution is 6.04. The summed E-state index contributed by atoms with van der Waals surface area (Å²) in [4.78, 5) is 17.5. The third-order valence-electron chi connectivity index (χ3n) is 5.10. The number of hydrogen-bond donors (Lipinski definition) is 1. The van der Waals surface area contributed by atoms with Crippen LogP contribution in [-0.4, -0.2) is 50.1 Å². The Bertz CT molecular complexity index is 750. The molecular weight excluding hydrogens is 338 g/mol. The number of hydrogen-bond acceptors (Lipinski definition) is 4. The molecule has 1 aliphatic heterocycles. The highest BCUT2D eigenvalue weighted by Gasteiger charge is 2.19. The number of benzene rings is 2. The number of para-hydroxylation sites is 1. The zero-order valence-electron chi connectivity index (χ0n) is 16.4. The molecule has 2 aromatic carbocycles. The fourth-order valence-corrected chi connectivity index (χ4v) is 3.44. The van der Waals surface area contributed by atoms with E-state index in [0.717, 1.165) is 37.4 Å². The van der Waals surface area contributed by atoms with Gasteiger partial charge >= 0.3 is 0 Å². The Morgan fingerprint density at radius 1 is 1.04 bits per heavy atom. The van der Waals surface area contributed by atoms with Gasteiger partial charge in [-0.25, -0.2) is 0 Å². The molecule has 0 aliphatic carbocycles. The van der Waals surface area contributed by atoms with Crippen LogP contribution in [0.4, 0.5) is 11.4 Å². The molecule has 0 radical (unpaired) electrons. The van der Waals surface area contributed by atoms with Crippen molar-refractivity contribution in [2.24, 2.45) is 0 Å². The first-order valence-corrected chi connectivity index (χ1v) is 9.55. The van der Waals surface area contributed by atoms with E-state index in [0.29, 0.717) is 18.2 Å². The Balaban J connectivity index is 1.63. The van der Waals surface area contributed by atoms with Gasteiger partial charge in [0.25, 0.3) is 5.91 Å². The summed E-state index contributed by atoms with van der Waals surface area (Å²) in [7, 11) is 1.65. The van der Waals surface area contributed by atoms with Crippen molar-refractivity contribution in [2.75, 3.05) is 43.5 Å². The molecule has 144 valence electrons. The summed E-state index contributed by atoms with van der Waals surface area (Å²) in [6.07, 6.45) is 0. The lowest BCUT2D eigenvalue weighted by atomic mass is 10.1. The predicted molar refractivity (Wildman–Crippen MR) is 110 cm³/mol. The molecule has 5 heteroatoms. The number of carbonyl (C=O) groups is 1. The number of ether oxygens (including phenoxy) is 1. The van der Waals surface area contributed by atoms with Gasteiger partial charge in [-0.05, 0) is 44.2 Å². The summed E-state index contributed by atoms with van der Waals surface area (Å²) in [6.45, 7) is 9.16. The van der Waals surface area contributed by atoms with Crippen molar-refractivity contribution in [3.05, 3.63) is 59.7 Å². The second-order valence-electron chi connectivity index (χ2n) is 7.21. The molecule has 27 heavy (non-hydrogen) atoms. The van der Waals surface area contributed by atoms with Crippen LogP contribution < -0.4 is 10.2 Å². The zero-order chi connectivity index (χ0) is 19.2. The number of carbonyl (C=O) groups excluding carboxylic acids is 1. The third-order valence-corrected chi connectivity index (χ3v) is 5.10. The van der Waals surface area contributed by atoms with Crippen molar-refractivity contribution in [2.45, 2.75) is 26.5 Å². The maximum atomic E-state index is 12.6. The van der Waals surface area contributed by atoms with Crippen molar-refractivity contribution in [1.29, 1.82) is 0 Å². The molecule has 0 atom stereocenters. The van der Waals surface area contributed by atoms with Crippen molar-refractivity contribution < 1.29 is 9.53 Å². The largest absolute Gasteiger partial charge is 0.380 e. The number of methoxy groups -OCH3 is 1. The molecule has 0 saturated carbocycles. The van der Waals surface area contributed by atoms with Gasteiger partial charge in [0.2, 0.25) is 0 Å². The van der Waals surface area contributed by atoms with Gasteiger partial charge in [-0.1, -0.05) is 18.2 Å². The zero-order valence-corrected chi connectivity index (χ0v) is 16.4. The van der Waals surface area contributed by atoms with Crippen LogP contribution >= 0.6 is 0 Å². The Morgan fingerprint density at radius 2 is 1.70 bits per heavy atom. The van der Waals surface area contributed by atoms with E-state index in [1.54, 1.807) is 7.11 Å². The fourth-order valence-electron chi connectivity index (χ4n) is 3.44. The van der Waals surface area contributed by atoms with Crippen LogP contribution in [0, 0.1) is 0 Å². The molecule has 1 aliphatic rings. The number of amides is 1. The summed E-state index contributed by atoms with van der Waals surface area (Å²) < 4.78 is 5.20. The van der Waals surface area contributed by atoms with E-state index in [1.807, 2.05) is 48.5 Å². The van der Waals surface area contributed by atoms with E-state index >= 15 is 0 Å². The summed E-state index contributed by atoms with van der Waals surface area (Å²) in [5.74, 6) is -0.102. The molecule has 0 bridgehead atoms. The molecule has 1 amide bonds. The minimum absolute atomic E-state index is 0.102. The van der Waals surface area contributed by atoms with E-state index in [1.165, 1.54) is 5.69 Å². The molecule has 2 aromatic rings. The number of piperazine rings is 1. The van der Waals surface area contributed by atoms with Crippen LogP contribution in [0.5, 0.6) is 0 Å². The summed E-state index contributed by atoms with van der Waals surface area (Å²) in [6, 6.07) is 16.2. The normalized spacial score (nSPS) is 15.2. The number of rotatable bonds is 6. The van der Waals surface area contributed by atoms with Crippen molar-refractivity contribution in [3.8, 4) is 0 Å². The first-order chi connectivity index (χ1) is 13.1. The van der Waals surface area contributed by atoms with Gasteiger partial charge in [0.1, 0.15) is 0 Å². The van der Waals surface area contributed by atoms with E-state index < -0.39 is 0 Å². The highest BCUT2D eigenvalue weighted by Crippen LogP contribution is 2.20. The molecule has 5 nitrogen and oxygen atoms in total. The van der Waals surface area contributed by atoms with E-state index in [-0.39, 0.29) is 5.91 Å². The van der Waals surface area contributed by atoms with Gasteiger partial charge in [0.05, 0.1) is 6.61 Å². The van der Waals surface area contributed by atoms with Crippen molar-refractivity contribution in [3.63, 3.8) is 0 Å². The lowest BCUT2D eigenvalue weighted by Crippen LogP contribution is -2.48. The number of anilines is 2. The Kier molecular flexibility index (Phi) is 6.48. The van der Waals surface area contributed by atoms with Gasteiger partial charge in [-0.15, -0.1) is 0 Å². The van der Waals surface area contributed by atoms with Crippen LogP contribution in [0.15, 0.2) is 48.5 Å². The van der Waals surface area contributed by atoms with Gasteiger partial charge in [0.15, 0.2) is 0 Å². The van der Waals surface area contributed by atoms with Crippen LogP contribution in [0.3, 0.4) is 0 Å². The fraction of sp³-hybridized carbons (Fsp3) is 0.409. The summed E-state index contributed by atoms with van der Waals surface area (Å²) in [5, 5.41) is 2.99. The monoisotopic (exact) mass is 367 g/mol. The standard InChI is InChI=1S/C22H29N3O2/c1-17(2)24-12-14-25(15-13-24)20-10-8-18(9-11-20)22(26)23-21-7-5-4-6-19(21)16-27-3/h4-11,17H,12-16H2,1-3H3,(H,23,26). The SMILES string of the molecule is COCc1ccccc1NC(=O)c1ccc(N2CCN(C(C)C)CC2)cc1. The molecule has 1 saturated heterocycles. The minimum Gasteiger partial charge on any atom is -0.380 e. The van der Waals surface area contributed by atoms with Gasteiger partial charge in [-0.2, -0.15) is 0 Å². The highest BCUT2D eigenvalue weighted by atomic mass is 16.5. The number of nitrogens with one attached hydrogen (secondary N) is 1. The van der Waals surface area contributed by atoms with Crippen LogP contribution in [-0.2, 0) is 11.3 Å². The topological polar surface area (TPSA) is 44.8 Å². The average molecular weight is 367 g/mol. The molecular formula is C22H29N3O2. The first-order valence-electron chi connectivity index (χ1n) is 9.55. The molecule has 0 aromatic heterocycles. The molecule has 0 spiro atoms. The quantitative estimate of drug-likeness (QED) is 0.847. The molecule has 3 rings (SSSR count). The predicted octanol–water partition coefficient (Wildman–Crippen LogP) is 3.62. The third kappa shape index (κ3) is 4.87. The molecule has 0 unspecified atom stereocenters. The van der Waals surface area contributed by atoms with Crippen molar-refractivity contribution in [1.82, 2.24) is 4.90 Å². The molecule has 1 heterocycles. The summed E-state index contributed by atoms with van der Waals surface area (Å²) in [5.41, 5.74) is 3.59. The Labute approximate surface area is 161 Å². The smallest absolute Gasteiger partial charge is 0.255 e. The first kappa shape index (κ1) is 19.4. The van der Waals surface area contributed by atoms with Crippen LogP contribution in [0.25, 0.3) is 0 Å². The van der Waals surface area contributed by atoms with Gasteiger partial charge < -0.3 is 15.0 Å². The maximum absolute atomic E-state index is 12.6. The summed E-state index contributed by atoms with van der Waals surface area (Å²) >= 11 is 0. The lowest BCUT2D eigenvalue weighted by molar-refractivity contribution is 0.102. The Hall–Kier alpha value is -2.37. The lowest BCUT2D eigenvalue weighted by Gasteiger charge is -2.38. The van der Waals surface area contributed by atoms with Crippen LogP contribution in [0.1, 0.15) is 29.8 Å². The molecule has 1 N–H and O–H groups in total. The van der Waals surface area contributed by atoms with Crippen molar-refractivity contribution >= 4 is 17.3 Å². The maximum Gasteiger partial charge on any atom is 0.255 e. The van der Waals surface area contributed by atoms with E-state index in [9.17, 15) is 4.79 Å². The second-order valence-corrected chi connectivity index (χ2v) is 7.21. The minimum atomic E-state index is -0.102. The van der Waals surface area contributed by atoms with Crippen LogP contribution in [0.2, 0.25) is 0 Å². The number of nitrogens with zero attached hydrogens (tertiary/aromatic N) is 2. The van der Waals surface area contributed by atoms with E-state index in [2.05, 4.69) is 29.0 Å². The second kappa shape index (κ2) is 9.02. The Morgan fingerprint density at radius 3 is 2.33 bits per heavy atom.